The molecule has 3 heterocycles. The predicted octanol–water partition coefficient (Wildman–Crippen LogP) is 1.41. The van der Waals surface area contributed by atoms with Crippen molar-refractivity contribution in [3.05, 3.63) is 0 Å². The van der Waals surface area contributed by atoms with Crippen molar-refractivity contribution in [2.24, 2.45) is 5.92 Å². The Bertz CT molecular complexity index is 406. The summed E-state index contributed by atoms with van der Waals surface area (Å²) in [5.74, 6) is 0.232. The highest BCUT2D eigenvalue weighted by Gasteiger charge is 2.40. The molecular weight excluding hydrogens is 268 g/mol. The summed E-state index contributed by atoms with van der Waals surface area (Å²) in [7, 11) is 0. The fourth-order valence-electron chi connectivity index (χ4n) is 3.91. The Labute approximate surface area is 126 Å². The monoisotopic (exact) mass is 294 g/mol. The molecule has 5 nitrogen and oxygen atoms in total. The quantitative estimate of drug-likeness (QED) is 0.774. The number of carbonyl (C=O) groups is 2. The number of amides is 2. The Morgan fingerprint density at radius 2 is 1.95 bits per heavy atom. The molecule has 3 aliphatic rings. The van der Waals surface area contributed by atoms with Crippen LogP contribution in [0.15, 0.2) is 0 Å². The summed E-state index contributed by atoms with van der Waals surface area (Å²) in [6, 6.07) is 0.612. The minimum absolute atomic E-state index is 0.124. The molecule has 3 saturated heterocycles. The SMILES string of the molecule is CC1CCCCN1C(=O)C1CC(=O)N(C2CCOCC2)C1. The van der Waals surface area contributed by atoms with Gasteiger partial charge in [0.1, 0.15) is 0 Å². The molecule has 0 aromatic heterocycles. The number of nitrogens with zero attached hydrogens (tertiary/aromatic N) is 2. The minimum Gasteiger partial charge on any atom is -0.381 e. The van der Waals surface area contributed by atoms with Crippen LogP contribution in [0.1, 0.15) is 45.4 Å². The molecule has 2 unspecified atom stereocenters. The lowest BCUT2D eigenvalue weighted by molar-refractivity contribution is -0.139. The summed E-state index contributed by atoms with van der Waals surface area (Å²) in [5, 5.41) is 0. The van der Waals surface area contributed by atoms with Crippen LogP contribution >= 0.6 is 0 Å². The fraction of sp³-hybridized carbons (Fsp3) is 0.875. The first-order valence-electron chi connectivity index (χ1n) is 8.34. The number of rotatable bonds is 2. The zero-order valence-electron chi connectivity index (χ0n) is 12.9. The molecule has 0 N–H and O–H groups in total. The highest BCUT2D eigenvalue weighted by atomic mass is 16.5. The van der Waals surface area contributed by atoms with Crippen LogP contribution in [0.2, 0.25) is 0 Å². The Balaban J connectivity index is 1.62. The van der Waals surface area contributed by atoms with Crippen LogP contribution in [0.4, 0.5) is 0 Å². The van der Waals surface area contributed by atoms with Crippen LogP contribution < -0.4 is 0 Å². The van der Waals surface area contributed by atoms with E-state index in [1.54, 1.807) is 0 Å². The van der Waals surface area contributed by atoms with Crippen molar-refractivity contribution in [2.75, 3.05) is 26.3 Å². The lowest BCUT2D eigenvalue weighted by Crippen LogP contribution is -2.46. The summed E-state index contributed by atoms with van der Waals surface area (Å²) in [6.45, 7) is 5.07. The maximum absolute atomic E-state index is 12.7. The van der Waals surface area contributed by atoms with E-state index in [-0.39, 0.29) is 23.8 Å². The third-order valence-corrected chi connectivity index (χ3v) is 5.23. The van der Waals surface area contributed by atoms with Gasteiger partial charge < -0.3 is 14.5 Å². The number of likely N-dealkylation sites (tertiary alicyclic amines) is 2. The molecule has 2 atom stereocenters. The standard InChI is InChI=1S/C16H26N2O3/c1-12-4-2-3-7-17(12)16(20)13-10-15(19)18(11-13)14-5-8-21-9-6-14/h12-14H,2-11H2,1H3. The van der Waals surface area contributed by atoms with Crippen LogP contribution in [0.5, 0.6) is 0 Å². The lowest BCUT2D eigenvalue weighted by atomic mass is 9.99. The third-order valence-electron chi connectivity index (χ3n) is 5.23. The zero-order chi connectivity index (χ0) is 14.8. The van der Waals surface area contributed by atoms with Crippen molar-refractivity contribution in [2.45, 2.75) is 57.5 Å². The number of piperidine rings is 1. The van der Waals surface area contributed by atoms with E-state index in [9.17, 15) is 9.59 Å². The van der Waals surface area contributed by atoms with Gasteiger partial charge in [0, 0.05) is 44.8 Å². The van der Waals surface area contributed by atoms with Crippen LogP contribution in [0, 0.1) is 5.92 Å². The molecule has 0 aromatic rings. The molecule has 0 spiro atoms. The Kier molecular flexibility index (Phi) is 4.48. The van der Waals surface area contributed by atoms with Crippen LogP contribution in [-0.4, -0.2) is 60.0 Å². The van der Waals surface area contributed by atoms with Gasteiger partial charge in [-0.2, -0.15) is 0 Å². The molecule has 0 aliphatic carbocycles. The van der Waals surface area contributed by atoms with Crippen molar-refractivity contribution in [3.63, 3.8) is 0 Å². The number of carbonyl (C=O) groups excluding carboxylic acids is 2. The van der Waals surface area contributed by atoms with Gasteiger partial charge in [-0.25, -0.2) is 0 Å². The number of hydrogen-bond acceptors (Lipinski definition) is 3. The summed E-state index contributed by atoms with van der Waals surface area (Å²) in [6.07, 6.45) is 5.62. The molecule has 21 heavy (non-hydrogen) atoms. The Morgan fingerprint density at radius 3 is 2.67 bits per heavy atom. The van der Waals surface area contributed by atoms with Crippen LogP contribution in [-0.2, 0) is 14.3 Å². The van der Waals surface area contributed by atoms with E-state index in [4.69, 9.17) is 4.74 Å². The van der Waals surface area contributed by atoms with Crippen molar-refractivity contribution in [1.29, 1.82) is 0 Å². The molecule has 0 saturated carbocycles. The van der Waals surface area contributed by atoms with E-state index in [2.05, 4.69) is 6.92 Å². The van der Waals surface area contributed by atoms with E-state index in [1.807, 2.05) is 9.80 Å². The molecule has 0 radical (unpaired) electrons. The minimum atomic E-state index is -0.124. The van der Waals surface area contributed by atoms with E-state index < -0.39 is 0 Å². The van der Waals surface area contributed by atoms with Gasteiger partial charge in [-0.15, -0.1) is 0 Å². The summed E-state index contributed by atoms with van der Waals surface area (Å²) >= 11 is 0. The zero-order valence-corrected chi connectivity index (χ0v) is 12.9. The average Bonchev–Trinajstić information content (AvgIpc) is 2.90. The second-order valence-corrected chi connectivity index (χ2v) is 6.67. The molecule has 3 fully saturated rings. The Hall–Kier alpha value is -1.10. The van der Waals surface area contributed by atoms with Crippen LogP contribution in [0.25, 0.3) is 0 Å². The van der Waals surface area contributed by atoms with Gasteiger partial charge >= 0.3 is 0 Å². The average molecular weight is 294 g/mol. The van der Waals surface area contributed by atoms with Gasteiger partial charge in [-0.1, -0.05) is 0 Å². The maximum Gasteiger partial charge on any atom is 0.228 e. The first kappa shape index (κ1) is 14.8. The molecule has 0 bridgehead atoms. The second kappa shape index (κ2) is 6.34. The maximum atomic E-state index is 12.7. The van der Waals surface area contributed by atoms with Gasteiger partial charge in [-0.3, -0.25) is 9.59 Å². The van der Waals surface area contributed by atoms with Crippen molar-refractivity contribution >= 4 is 11.8 Å². The first-order valence-corrected chi connectivity index (χ1v) is 8.34. The van der Waals surface area contributed by atoms with Gasteiger partial charge in [0.15, 0.2) is 0 Å². The molecule has 118 valence electrons. The van der Waals surface area contributed by atoms with Gasteiger partial charge in [0.2, 0.25) is 11.8 Å². The Morgan fingerprint density at radius 1 is 1.19 bits per heavy atom. The third kappa shape index (κ3) is 3.07. The van der Waals surface area contributed by atoms with E-state index in [1.165, 1.54) is 6.42 Å². The fourth-order valence-corrected chi connectivity index (χ4v) is 3.91. The molecule has 3 rings (SSSR count). The van der Waals surface area contributed by atoms with Crippen molar-refractivity contribution in [1.82, 2.24) is 9.80 Å². The number of hydrogen-bond donors (Lipinski definition) is 0. The van der Waals surface area contributed by atoms with E-state index >= 15 is 0 Å². The molecule has 2 amide bonds. The summed E-state index contributed by atoms with van der Waals surface area (Å²) < 4.78 is 5.36. The topological polar surface area (TPSA) is 49.9 Å². The first-order chi connectivity index (χ1) is 10.2. The van der Waals surface area contributed by atoms with Crippen molar-refractivity contribution in [3.8, 4) is 0 Å². The largest absolute Gasteiger partial charge is 0.381 e. The van der Waals surface area contributed by atoms with E-state index in [0.29, 0.717) is 19.0 Å². The van der Waals surface area contributed by atoms with Gasteiger partial charge in [0.05, 0.1) is 5.92 Å². The van der Waals surface area contributed by atoms with E-state index in [0.717, 1.165) is 45.4 Å². The highest BCUT2D eigenvalue weighted by Crippen LogP contribution is 2.28. The molecule has 5 heteroatoms. The summed E-state index contributed by atoms with van der Waals surface area (Å²) in [5.41, 5.74) is 0. The lowest BCUT2D eigenvalue weighted by Gasteiger charge is -2.35. The van der Waals surface area contributed by atoms with Crippen molar-refractivity contribution < 1.29 is 14.3 Å². The molecule has 3 aliphatic heterocycles. The summed E-state index contributed by atoms with van der Waals surface area (Å²) in [4.78, 5) is 28.9. The molecule has 0 aromatic carbocycles. The normalized spacial score (nSPS) is 31.8. The van der Waals surface area contributed by atoms with Crippen LogP contribution in [0.3, 0.4) is 0 Å². The smallest absolute Gasteiger partial charge is 0.228 e. The van der Waals surface area contributed by atoms with Gasteiger partial charge in [-0.05, 0) is 39.0 Å². The number of ether oxygens (including phenoxy) is 1. The van der Waals surface area contributed by atoms with Gasteiger partial charge in [0.25, 0.3) is 0 Å². The predicted molar refractivity (Wildman–Crippen MR) is 78.7 cm³/mol. The molecular formula is C16H26N2O3. The second-order valence-electron chi connectivity index (χ2n) is 6.67. The highest BCUT2D eigenvalue weighted by molar-refractivity contribution is 5.89.